The van der Waals surface area contributed by atoms with E-state index < -0.39 is 0 Å². The summed E-state index contributed by atoms with van der Waals surface area (Å²) in [7, 11) is 0. The number of para-hydroxylation sites is 1. The molecule has 0 aromatic heterocycles. The minimum atomic E-state index is -0.179. The SMILES string of the molecule is CC(C)(C)c1cc(C=N[C@@H]2CCCC[C@H]2N=Cc2cc(C(C)(C)C)cc(C(C)(C)C)c2O)c(O)c(C(C)(C)C)c1.Oc1ccc(Oc2ccccc2)cc1.[Co]. The normalized spacial score (nSPS) is 16.7. The van der Waals surface area contributed by atoms with Gasteiger partial charge in [0.2, 0.25) is 0 Å². The molecule has 0 bridgehead atoms. The third-order valence-electron chi connectivity index (χ3n) is 9.95. The van der Waals surface area contributed by atoms with Crippen molar-refractivity contribution >= 4 is 12.4 Å². The van der Waals surface area contributed by atoms with Crippen LogP contribution < -0.4 is 4.74 Å². The number of benzene rings is 4. The zero-order valence-electron chi connectivity index (χ0n) is 35.1. The number of hydrogen-bond donors (Lipinski definition) is 3. The summed E-state index contributed by atoms with van der Waals surface area (Å²) in [6.07, 6.45) is 7.90. The van der Waals surface area contributed by atoms with Gasteiger partial charge in [-0.2, -0.15) is 0 Å². The summed E-state index contributed by atoms with van der Waals surface area (Å²) >= 11 is 0. The van der Waals surface area contributed by atoms with Crippen molar-refractivity contribution in [1.82, 2.24) is 0 Å². The molecule has 1 aliphatic rings. The number of phenolic OH excluding ortho intramolecular Hbond substituents is 3. The van der Waals surface area contributed by atoms with Gasteiger partial charge in [-0.3, -0.25) is 9.98 Å². The molecule has 299 valence electrons. The van der Waals surface area contributed by atoms with Crippen LogP contribution >= 0.6 is 0 Å². The fourth-order valence-corrected chi connectivity index (χ4v) is 6.45. The first-order chi connectivity index (χ1) is 25.0. The molecule has 1 fully saturated rings. The molecule has 55 heavy (non-hydrogen) atoms. The Bertz CT molecular complexity index is 1810. The van der Waals surface area contributed by atoms with Gasteiger partial charge in [-0.05, 0) is 94.2 Å². The molecule has 6 nitrogen and oxygen atoms in total. The molecule has 4 aromatic carbocycles. The maximum Gasteiger partial charge on any atom is 0.128 e. The Kier molecular flexibility index (Phi) is 15.0. The van der Waals surface area contributed by atoms with E-state index in [1.165, 1.54) is 11.1 Å². The second kappa shape index (κ2) is 18.2. The molecule has 0 unspecified atom stereocenters. The first-order valence-corrected chi connectivity index (χ1v) is 19.4. The van der Waals surface area contributed by atoms with Gasteiger partial charge in [-0.25, -0.2) is 0 Å². The fourth-order valence-electron chi connectivity index (χ4n) is 6.45. The van der Waals surface area contributed by atoms with Crippen LogP contribution in [0, 0.1) is 0 Å². The van der Waals surface area contributed by atoms with Crippen LogP contribution in [0.5, 0.6) is 28.7 Å². The van der Waals surface area contributed by atoms with Crippen molar-refractivity contribution in [3.8, 4) is 28.7 Å². The molecule has 0 spiro atoms. The van der Waals surface area contributed by atoms with Gasteiger partial charge in [0, 0.05) is 51.5 Å². The number of aromatic hydroxyl groups is 3. The predicted octanol–water partition coefficient (Wildman–Crippen LogP) is 12.3. The molecule has 1 saturated carbocycles. The van der Waals surface area contributed by atoms with Crippen molar-refractivity contribution in [3.63, 3.8) is 0 Å². The van der Waals surface area contributed by atoms with Gasteiger partial charge in [-0.1, -0.05) is 126 Å². The Morgan fingerprint density at radius 2 is 0.909 bits per heavy atom. The van der Waals surface area contributed by atoms with Crippen molar-refractivity contribution in [2.24, 2.45) is 9.98 Å². The van der Waals surface area contributed by atoms with E-state index in [0.717, 1.165) is 53.7 Å². The summed E-state index contributed by atoms with van der Waals surface area (Å²) in [6, 6.07) is 24.7. The summed E-state index contributed by atoms with van der Waals surface area (Å²) in [5.74, 6) is 2.38. The average molecular weight is 792 g/mol. The molecular weight excluding hydrogens is 727 g/mol. The second-order valence-electron chi connectivity index (χ2n) is 18.8. The molecule has 0 amide bonds. The number of aliphatic imine (C=N–C) groups is 2. The van der Waals surface area contributed by atoms with Crippen molar-refractivity contribution < 1.29 is 36.8 Å². The Morgan fingerprint density at radius 1 is 0.527 bits per heavy atom. The Hall–Kier alpha value is -4.07. The largest absolute Gasteiger partial charge is 0.508 e. The number of nitrogens with zero attached hydrogens (tertiary/aromatic N) is 2. The fraction of sp³-hybridized carbons (Fsp3) is 0.458. The molecule has 1 aliphatic carbocycles. The van der Waals surface area contributed by atoms with Crippen molar-refractivity contribution in [1.29, 1.82) is 0 Å². The van der Waals surface area contributed by atoms with Crippen LogP contribution in [-0.2, 0) is 38.4 Å². The van der Waals surface area contributed by atoms with Crippen LogP contribution in [0.4, 0.5) is 0 Å². The van der Waals surface area contributed by atoms with Crippen LogP contribution in [0.25, 0.3) is 0 Å². The van der Waals surface area contributed by atoms with Gasteiger partial charge in [0.1, 0.15) is 28.7 Å². The molecule has 7 heteroatoms. The first kappa shape index (κ1) is 45.3. The minimum absolute atomic E-state index is 0. The van der Waals surface area contributed by atoms with E-state index in [1.807, 2.05) is 42.8 Å². The molecule has 0 saturated heterocycles. The smallest absolute Gasteiger partial charge is 0.128 e. The summed E-state index contributed by atoms with van der Waals surface area (Å²) in [5.41, 5.74) is 5.39. The van der Waals surface area contributed by atoms with Gasteiger partial charge in [0.05, 0.1) is 12.1 Å². The van der Waals surface area contributed by atoms with E-state index in [9.17, 15) is 10.2 Å². The van der Waals surface area contributed by atoms with E-state index in [2.05, 4.69) is 107 Å². The van der Waals surface area contributed by atoms with E-state index in [4.69, 9.17) is 19.8 Å². The van der Waals surface area contributed by atoms with Gasteiger partial charge >= 0.3 is 0 Å². The van der Waals surface area contributed by atoms with E-state index >= 15 is 0 Å². The van der Waals surface area contributed by atoms with Crippen molar-refractivity contribution in [3.05, 3.63) is 112 Å². The predicted molar refractivity (Wildman–Crippen MR) is 227 cm³/mol. The van der Waals surface area contributed by atoms with Crippen LogP contribution in [0.2, 0.25) is 0 Å². The summed E-state index contributed by atoms with van der Waals surface area (Å²) < 4.78 is 5.52. The van der Waals surface area contributed by atoms with Crippen molar-refractivity contribution in [2.45, 2.75) is 143 Å². The maximum absolute atomic E-state index is 11.2. The van der Waals surface area contributed by atoms with Gasteiger partial charge < -0.3 is 20.1 Å². The first-order valence-electron chi connectivity index (χ1n) is 19.4. The van der Waals surface area contributed by atoms with E-state index in [0.29, 0.717) is 17.2 Å². The van der Waals surface area contributed by atoms with E-state index in [1.54, 1.807) is 24.3 Å². The Balaban J connectivity index is 0.000000451. The van der Waals surface area contributed by atoms with Crippen LogP contribution in [0.15, 0.2) is 88.8 Å². The number of phenols is 3. The molecule has 4 aromatic rings. The Labute approximate surface area is 341 Å². The number of rotatable bonds is 6. The standard InChI is InChI=1S/C36H54N2O2.C12H10O2.Co/c1-33(2,3)25-17-23(31(39)27(19-25)35(7,8)9)21-37-29-15-13-14-16-30(29)38-22-24-18-26(34(4,5)6)20-28(32(24)40)36(10,11)12;13-10-6-8-12(9-7-10)14-11-4-2-1-3-5-11;/h17-22,29-30,39-40H,13-16H2,1-12H3;1-9,13H;/t29-,30-;;/m1../s1. The van der Waals surface area contributed by atoms with Crippen molar-refractivity contribution in [2.75, 3.05) is 0 Å². The molecule has 1 radical (unpaired) electrons. The molecule has 0 heterocycles. The number of ether oxygens (including phenoxy) is 1. The minimum Gasteiger partial charge on any atom is -0.508 e. The maximum atomic E-state index is 11.2. The van der Waals surface area contributed by atoms with Crippen LogP contribution in [-0.4, -0.2) is 39.8 Å². The molecule has 2 atom stereocenters. The zero-order chi connectivity index (χ0) is 40.1. The van der Waals surface area contributed by atoms with Gasteiger partial charge in [0.25, 0.3) is 0 Å². The second-order valence-corrected chi connectivity index (χ2v) is 18.8. The third-order valence-corrected chi connectivity index (χ3v) is 9.95. The molecule has 5 rings (SSSR count). The average Bonchev–Trinajstić information content (AvgIpc) is 3.07. The van der Waals surface area contributed by atoms with Crippen LogP contribution in [0.3, 0.4) is 0 Å². The zero-order valence-corrected chi connectivity index (χ0v) is 36.2. The summed E-state index contributed by atoms with van der Waals surface area (Å²) in [5, 5.41) is 31.5. The summed E-state index contributed by atoms with van der Waals surface area (Å²) in [4.78, 5) is 10.1. The topological polar surface area (TPSA) is 94.6 Å². The van der Waals surface area contributed by atoms with Gasteiger partial charge in [-0.15, -0.1) is 0 Å². The number of hydrogen-bond acceptors (Lipinski definition) is 6. The third kappa shape index (κ3) is 12.7. The molecular formula is C48H64CoN2O4. The monoisotopic (exact) mass is 791 g/mol. The Morgan fingerprint density at radius 3 is 1.27 bits per heavy atom. The van der Waals surface area contributed by atoms with E-state index in [-0.39, 0.29) is 56.3 Å². The summed E-state index contributed by atoms with van der Waals surface area (Å²) in [6.45, 7) is 26.0. The van der Waals surface area contributed by atoms with Crippen LogP contribution in [0.1, 0.15) is 142 Å². The van der Waals surface area contributed by atoms with Gasteiger partial charge in [0.15, 0.2) is 0 Å². The molecule has 3 N–H and O–H groups in total. The quantitative estimate of drug-likeness (QED) is 0.170. The molecule has 0 aliphatic heterocycles.